The second-order valence-electron chi connectivity index (χ2n) is 7.67. The Kier molecular flexibility index (Phi) is 4.84. The lowest BCUT2D eigenvalue weighted by Crippen LogP contribution is -2.41. The van der Waals surface area contributed by atoms with Crippen LogP contribution >= 0.6 is 0 Å². The molecule has 4 nitrogen and oxygen atoms in total. The van der Waals surface area contributed by atoms with E-state index in [-0.39, 0.29) is 18.3 Å². The van der Waals surface area contributed by atoms with Crippen LogP contribution in [0.15, 0.2) is 24.3 Å². The van der Waals surface area contributed by atoms with E-state index in [1.807, 2.05) is 0 Å². The molecule has 0 radical (unpaired) electrons. The average Bonchev–Trinajstić information content (AvgIpc) is 2.67. The third-order valence-corrected chi connectivity index (χ3v) is 5.39. The number of hydrogen-bond acceptors (Lipinski definition) is 4. The Morgan fingerprint density at radius 1 is 1.04 bits per heavy atom. The van der Waals surface area contributed by atoms with Crippen molar-refractivity contribution in [2.75, 3.05) is 26.2 Å². The van der Waals surface area contributed by atoms with Crippen LogP contribution < -0.4 is 10.8 Å². The SMILES string of the molecule is CC1(C)OB(c2ccccc2CN2CCCNCC2)OC1(C)C. The summed E-state index contributed by atoms with van der Waals surface area (Å²) in [5, 5.41) is 3.46. The van der Waals surface area contributed by atoms with Gasteiger partial charge in [-0.1, -0.05) is 24.3 Å². The van der Waals surface area contributed by atoms with Crippen molar-refractivity contribution in [2.45, 2.75) is 51.9 Å². The van der Waals surface area contributed by atoms with Crippen molar-refractivity contribution < 1.29 is 9.31 Å². The maximum Gasteiger partial charge on any atom is 0.495 e. The molecule has 2 heterocycles. The van der Waals surface area contributed by atoms with Crippen LogP contribution in [0.4, 0.5) is 0 Å². The molecule has 1 aromatic rings. The van der Waals surface area contributed by atoms with Gasteiger partial charge in [0.15, 0.2) is 0 Å². The Morgan fingerprint density at radius 2 is 1.74 bits per heavy atom. The van der Waals surface area contributed by atoms with Gasteiger partial charge < -0.3 is 14.6 Å². The van der Waals surface area contributed by atoms with Gasteiger partial charge in [-0.2, -0.15) is 0 Å². The number of rotatable bonds is 3. The fourth-order valence-corrected chi connectivity index (χ4v) is 3.18. The molecule has 0 bridgehead atoms. The lowest BCUT2D eigenvalue weighted by Gasteiger charge is -2.32. The van der Waals surface area contributed by atoms with Crippen LogP contribution in [0.25, 0.3) is 0 Å². The normalized spacial score (nSPS) is 24.6. The molecule has 1 aromatic carbocycles. The summed E-state index contributed by atoms with van der Waals surface area (Å²) in [6, 6.07) is 8.54. The number of nitrogens with one attached hydrogen (secondary N) is 1. The van der Waals surface area contributed by atoms with E-state index in [2.05, 4.69) is 62.2 Å². The van der Waals surface area contributed by atoms with Gasteiger partial charge in [-0.15, -0.1) is 0 Å². The molecule has 23 heavy (non-hydrogen) atoms. The van der Waals surface area contributed by atoms with Crippen LogP contribution in [0, 0.1) is 0 Å². The van der Waals surface area contributed by atoms with Crippen LogP contribution in [-0.2, 0) is 15.9 Å². The fourth-order valence-electron chi connectivity index (χ4n) is 3.18. The topological polar surface area (TPSA) is 33.7 Å². The Labute approximate surface area is 140 Å². The van der Waals surface area contributed by atoms with E-state index < -0.39 is 0 Å². The largest absolute Gasteiger partial charge is 0.495 e. The molecule has 0 aliphatic carbocycles. The lowest BCUT2D eigenvalue weighted by molar-refractivity contribution is 0.00578. The van der Waals surface area contributed by atoms with Gasteiger partial charge in [-0.3, -0.25) is 4.90 Å². The third-order valence-electron chi connectivity index (χ3n) is 5.39. The van der Waals surface area contributed by atoms with Gasteiger partial charge in [-0.05, 0) is 58.2 Å². The molecule has 0 amide bonds. The molecule has 0 aromatic heterocycles. The second kappa shape index (κ2) is 6.56. The standard InChI is InChI=1S/C18H29BN2O2/c1-17(2)18(3,4)23-19(22-17)16-9-6-5-8-15(16)14-21-12-7-10-20-11-13-21/h5-6,8-9,20H,7,10-14H2,1-4H3. The first kappa shape index (κ1) is 17.0. The summed E-state index contributed by atoms with van der Waals surface area (Å²) in [5.74, 6) is 0. The van der Waals surface area contributed by atoms with E-state index in [4.69, 9.17) is 9.31 Å². The quantitative estimate of drug-likeness (QED) is 0.862. The van der Waals surface area contributed by atoms with E-state index in [1.165, 1.54) is 17.4 Å². The van der Waals surface area contributed by atoms with E-state index >= 15 is 0 Å². The van der Waals surface area contributed by atoms with Crippen LogP contribution in [0.1, 0.15) is 39.7 Å². The number of nitrogens with zero attached hydrogens (tertiary/aromatic N) is 1. The maximum atomic E-state index is 6.25. The molecule has 2 aliphatic heterocycles. The maximum absolute atomic E-state index is 6.25. The highest BCUT2D eigenvalue weighted by molar-refractivity contribution is 6.62. The summed E-state index contributed by atoms with van der Waals surface area (Å²) in [5.41, 5.74) is 1.89. The average molecular weight is 316 g/mol. The van der Waals surface area contributed by atoms with Gasteiger partial charge in [-0.25, -0.2) is 0 Å². The van der Waals surface area contributed by atoms with Crippen molar-refractivity contribution in [2.24, 2.45) is 0 Å². The highest BCUT2D eigenvalue weighted by Crippen LogP contribution is 2.36. The Bertz CT molecular complexity index is 524. The highest BCUT2D eigenvalue weighted by Gasteiger charge is 2.52. The first-order valence-electron chi connectivity index (χ1n) is 8.76. The minimum atomic E-state index is -0.294. The van der Waals surface area contributed by atoms with Crippen LogP contribution in [0.2, 0.25) is 0 Å². The van der Waals surface area contributed by atoms with Crippen molar-refractivity contribution in [3.63, 3.8) is 0 Å². The molecular weight excluding hydrogens is 287 g/mol. The molecule has 126 valence electrons. The summed E-state index contributed by atoms with van der Waals surface area (Å²) in [7, 11) is -0.277. The van der Waals surface area contributed by atoms with Crippen molar-refractivity contribution in [1.29, 1.82) is 0 Å². The van der Waals surface area contributed by atoms with Gasteiger partial charge in [0.25, 0.3) is 0 Å². The number of hydrogen-bond donors (Lipinski definition) is 1. The lowest BCUT2D eigenvalue weighted by atomic mass is 9.76. The second-order valence-corrected chi connectivity index (χ2v) is 7.67. The van der Waals surface area contributed by atoms with Crippen LogP contribution in [-0.4, -0.2) is 49.4 Å². The molecule has 0 spiro atoms. The zero-order valence-electron chi connectivity index (χ0n) is 14.9. The Morgan fingerprint density at radius 3 is 2.48 bits per heavy atom. The fraction of sp³-hybridized carbons (Fsp3) is 0.667. The summed E-state index contributed by atoms with van der Waals surface area (Å²) < 4.78 is 12.5. The summed E-state index contributed by atoms with van der Waals surface area (Å²) in [6.07, 6.45) is 1.21. The molecule has 3 rings (SSSR count). The summed E-state index contributed by atoms with van der Waals surface area (Å²) in [4.78, 5) is 2.52. The monoisotopic (exact) mass is 316 g/mol. The van der Waals surface area contributed by atoms with Gasteiger partial charge in [0.2, 0.25) is 0 Å². The molecule has 2 saturated heterocycles. The molecule has 2 fully saturated rings. The first-order chi connectivity index (χ1) is 10.9. The predicted molar refractivity (Wildman–Crippen MR) is 94.9 cm³/mol. The Balaban J connectivity index is 1.78. The van der Waals surface area contributed by atoms with Crippen molar-refractivity contribution in [3.05, 3.63) is 29.8 Å². The van der Waals surface area contributed by atoms with Crippen molar-refractivity contribution in [3.8, 4) is 0 Å². The molecule has 2 aliphatic rings. The van der Waals surface area contributed by atoms with Crippen molar-refractivity contribution in [1.82, 2.24) is 10.2 Å². The molecule has 0 unspecified atom stereocenters. The number of benzene rings is 1. The summed E-state index contributed by atoms with van der Waals surface area (Å²) >= 11 is 0. The van der Waals surface area contributed by atoms with Gasteiger partial charge in [0.1, 0.15) is 0 Å². The predicted octanol–water partition coefficient (Wildman–Crippen LogP) is 1.78. The van der Waals surface area contributed by atoms with Crippen LogP contribution in [0.3, 0.4) is 0 Å². The van der Waals surface area contributed by atoms with E-state index in [0.717, 1.165) is 32.7 Å². The van der Waals surface area contributed by atoms with Gasteiger partial charge in [0.05, 0.1) is 11.2 Å². The zero-order valence-corrected chi connectivity index (χ0v) is 14.9. The minimum Gasteiger partial charge on any atom is -0.399 e. The molecule has 1 N–H and O–H groups in total. The van der Waals surface area contributed by atoms with Gasteiger partial charge in [0, 0.05) is 19.6 Å². The molecule has 5 heteroatoms. The van der Waals surface area contributed by atoms with Gasteiger partial charge >= 0.3 is 7.12 Å². The molecular formula is C18H29BN2O2. The molecule has 0 saturated carbocycles. The van der Waals surface area contributed by atoms with E-state index in [9.17, 15) is 0 Å². The Hall–Kier alpha value is -0.875. The van der Waals surface area contributed by atoms with Crippen LogP contribution in [0.5, 0.6) is 0 Å². The van der Waals surface area contributed by atoms with Crippen molar-refractivity contribution >= 4 is 12.6 Å². The highest BCUT2D eigenvalue weighted by atomic mass is 16.7. The summed E-state index contributed by atoms with van der Waals surface area (Å²) in [6.45, 7) is 13.8. The smallest absolute Gasteiger partial charge is 0.399 e. The molecule has 0 atom stereocenters. The van der Waals surface area contributed by atoms with E-state index in [1.54, 1.807) is 0 Å². The zero-order chi connectivity index (χ0) is 16.5. The van der Waals surface area contributed by atoms with E-state index in [0.29, 0.717) is 0 Å². The first-order valence-corrected chi connectivity index (χ1v) is 8.76. The third kappa shape index (κ3) is 3.63. The minimum absolute atomic E-state index is 0.277.